The van der Waals surface area contributed by atoms with Crippen LogP contribution in [0.1, 0.15) is 11.1 Å². The monoisotopic (exact) mass is 637 g/mol. The van der Waals surface area contributed by atoms with E-state index in [2.05, 4.69) is 15.3 Å². The summed E-state index contributed by atoms with van der Waals surface area (Å²) in [7, 11) is 0. The Hall–Kier alpha value is -5.16. The van der Waals surface area contributed by atoms with Gasteiger partial charge in [0.25, 0.3) is 0 Å². The van der Waals surface area contributed by atoms with Crippen LogP contribution in [0.25, 0.3) is 33.0 Å². The molecule has 2 N–H and O–H groups in total. The number of para-hydroxylation sites is 1. The van der Waals surface area contributed by atoms with Gasteiger partial charge in [0.1, 0.15) is 37.5 Å². The highest BCUT2D eigenvalue weighted by molar-refractivity contribution is 6.32. The third kappa shape index (κ3) is 6.18. The van der Waals surface area contributed by atoms with E-state index in [1.807, 2.05) is 48.5 Å². The Labute approximate surface area is 268 Å². The van der Waals surface area contributed by atoms with E-state index in [4.69, 9.17) is 35.0 Å². The molecule has 232 valence electrons. The van der Waals surface area contributed by atoms with Crippen LogP contribution < -0.4 is 29.9 Å². The fourth-order valence-corrected chi connectivity index (χ4v) is 5.50. The van der Waals surface area contributed by atoms with Crippen molar-refractivity contribution in [3.8, 4) is 40.0 Å². The molecule has 0 amide bonds. The summed E-state index contributed by atoms with van der Waals surface area (Å²) in [4.78, 5) is 20.7. The molecule has 2 aromatic heterocycles. The summed E-state index contributed by atoms with van der Waals surface area (Å²) in [5.41, 5.74) is 4.13. The Morgan fingerprint density at radius 1 is 0.913 bits per heavy atom. The first-order valence-electron chi connectivity index (χ1n) is 14.7. The second kappa shape index (κ2) is 13.1. The van der Waals surface area contributed by atoms with Gasteiger partial charge in [0.2, 0.25) is 5.88 Å². The van der Waals surface area contributed by atoms with Crippen LogP contribution in [-0.4, -0.2) is 41.4 Å². The minimum absolute atomic E-state index is 0.0115. The lowest BCUT2D eigenvalue weighted by Crippen LogP contribution is -2.18. The fraction of sp³-hybridized carbons (Fsp3) is 0.171. The first-order valence-corrected chi connectivity index (χ1v) is 15.0. The molecule has 46 heavy (non-hydrogen) atoms. The Morgan fingerprint density at radius 3 is 2.67 bits per heavy atom. The third-order valence-electron chi connectivity index (χ3n) is 7.49. The van der Waals surface area contributed by atoms with Gasteiger partial charge < -0.3 is 33.8 Å². The Morgan fingerprint density at radius 2 is 1.78 bits per heavy atom. The zero-order valence-corrected chi connectivity index (χ0v) is 25.3. The number of benzene rings is 4. The number of fused-ring (bicyclic) bond motifs is 3. The van der Waals surface area contributed by atoms with Crippen molar-refractivity contribution < 1.29 is 28.5 Å². The van der Waals surface area contributed by atoms with Crippen LogP contribution in [0.5, 0.6) is 28.9 Å². The molecule has 10 nitrogen and oxygen atoms in total. The van der Waals surface area contributed by atoms with Crippen LogP contribution in [0.3, 0.4) is 0 Å². The molecule has 6 aromatic rings. The van der Waals surface area contributed by atoms with Crippen molar-refractivity contribution >= 4 is 33.5 Å². The minimum Gasteiger partial charge on any atom is -0.488 e. The van der Waals surface area contributed by atoms with Crippen molar-refractivity contribution in [1.29, 1.82) is 0 Å². The highest BCUT2D eigenvalue weighted by Crippen LogP contribution is 2.40. The molecule has 0 unspecified atom stereocenters. The average Bonchev–Trinajstić information content (AvgIpc) is 3.08. The molecular weight excluding hydrogens is 610 g/mol. The largest absolute Gasteiger partial charge is 0.488 e. The molecule has 1 aliphatic rings. The number of aliphatic hydroxyl groups excluding tert-OH is 1. The molecule has 0 aliphatic carbocycles. The van der Waals surface area contributed by atoms with Crippen molar-refractivity contribution in [2.75, 3.05) is 26.4 Å². The van der Waals surface area contributed by atoms with Crippen LogP contribution in [0.4, 0.5) is 0 Å². The van der Waals surface area contributed by atoms with Crippen molar-refractivity contribution in [3.63, 3.8) is 0 Å². The summed E-state index contributed by atoms with van der Waals surface area (Å²) in [5.74, 6) is 2.59. The topological polar surface area (TPSA) is 125 Å². The number of nitrogens with one attached hydrogen (secondary N) is 1. The van der Waals surface area contributed by atoms with Crippen LogP contribution in [0.2, 0.25) is 5.02 Å². The zero-order chi connectivity index (χ0) is 31.5. The minimum atomic E-state index is -0.419. The van der Waals surface area contributed by atoms with E-state index in [9.17, 15) is 9.90 Å². The maximum atomic E-state index is 11.7. The molecule has 0 atom stereocenters. The first kappa shape index (κ1) is 29.5. The lowest BCUT2D eigenvalue weighted by Gasteiger charge is -2.19. The lowest BCUT2D eigenvalue weighted by molar-refractivity contribution is 0.171. The van der Waals surface area contributed by atoms with Gasteiger partial charge >= 0.3 is 5.63 Å². The number of nitrogens with zero attached hydrogens (tertiary/aromatic N) is 2. The van der Waals surface area contributed by atoms with Crippen LogP contribution in [0.15, 0.2) is 94.4 Å². The standard InChI is InChI=1S/C35H28ClN3O7/c36-27-15-24(18-37-10-11-40)29(44-19-21-4-5-22-7-9-33(41)45-30(22)14-21)17-31(27)46-35-26-3-1-2-25(34(26)38-20-39-35)23-6-8-28-32(16-23)43-13-12-42-28/h1-9,14-17,20,37,40H,10-13,18-19H2. The van der Waals surface area contributed by atoms with Gasteiger partial charge in [-0.05, 0) is 47.5 Å². The zero-order valence-electron chi connectivity index (χ0n) is 24.5. The molecule has 1 aliphatic heterocycles. The van der Waals surface area contributed by atoms with E-state index in [1.54, 1.807) is 24.3 Å². The maximum absolute atomic E-state index is 11.7. The molecule has 4 aromatic carbocycles. The summed E-state index contributed by atoms with van der Waals surface area (Å²) in [5, 5.41) is 14.3. The van der Waals surface area contributed by atoms with E-state index in [-0.39, 0.29) is 13.2 Å². The summed E-state index contributed by atoms with van der Waals surface area (Å²) in [6, 6.07) is 23.8. The smallest absolute Gasteiger partial charge is 0.336 e. The highest BCUT2D eigenvalue weighted by Gasteiger charge is 2.18. The van der Waals surface area contributed by atoms with E-state index < -0.39 is 5.63 Å². The van der Waals surface area contributed by atoms with Gasteiger partial charge in [-0.15, -0.1) is 0 Å². The summed E-state index contributed by atoms with van der Waals surface area (Å²) in [6.07, 6.45) is 1.45. The van der Waals surface area contributed by atoms with Crippen LogP contribution in [0, 0.1) is 0 Å². The molecule has 7 rings (SSSR count). The van der Waals surface area contributed by atoms with Gasteiger partial charge in [-0.1, -0.05) is 41.9 Å². The van der Waals surface area contributed by atoms with E-state index in [1.165, 1.54) is 12.4 Å². The molecule has 0 radical (unpaired) electrons. The number of aliphatic hydroxyl groups is 1. The van der Waals surface area contributed by atoms with Gasteiger partial charge in [0, 0.05) is 41.7 Å². The Bertz CT molecular complexity index is 2120. The molecule has 0 bridgehead atoms. The highest BCUT2D eigenvalue weighted by atomic mass is 35.5. The Balaban J connectivity index is 1.20. The van der Waals surface area contributed by atoms with Crippen molar-refractivity contribution in [3.05, 3.63) is 112 Å². The third-order valence-corrected chi connectivity index (χ3v) is 7.78. The molecule has 3 heterocycles. The summed E-state index contributed by atoms with van der Waals surface area (Å²) >= 11 is 6.74. The number of hydrogen-bond donors (Lipinski definition) is 2. The summed E-state index contributed by atoms with van der Waals surface area (Å²) in [6.45, 7) is 2.00. The summed E-state index contributed by atoms with van der Waals surface area (Å²) < 4.78 is 29.4. The van der Waals surface area contributed by atoms with E-state index >= 15 is 0 Å². The SMILES string of the molecule is O=c1ccc2ccc(COc3cc(Oc4ncnc5c(-c6ccc7c(c6)OCCO7)cccc45)c(Cl)cc3CNCCO)cc2o1. The van der Waals surface area contributed by atoms with Gasteiger partial charge in [0.05, 0.1) is 22.5 Å². The van der Waals surface area contributed by atoms with E-state index in [0.29, 0.717) is 76.7 Å². The van der Waals surface area contributed by atoms with E-state index in [0.717, 1.165) is 27.6 Å². The lowest BCUT2D eigenvalue weighted by atomic mass is 10.0. The second-order valence-electron chi connectivity index (χ2n) is 10.5. The second-order valence-corrected chi connectivity index (χ2v) is 11.0. The molecule has 0 saturated carbocycles. The van der Waals surface area contributed by atoms with Crippen molar-refractivity contribution in [2.45, 2.75) is 13.2 Å². The molecule has 0 fully saturated rings. The molecule has 11 heteroatoms. The number of halogens is 1. The normalized spacial score (nSPS) is 12.4. The predicted molar refractivity (Wildman–Crippen MR) is 173 cm³/mol. The van der Waals surface area contributed by atoms with Gasteiger partial charge in [-0.2, -0.15) is 0 Å². The van der Waals surface area contributed by atoms with Crippen LogP contribution in [-0.2, 0) is 13.2 Å². The van der Waals surface area contributed by atoms with Gasteiger partial charge in [0.15, 0.2) is 17.2 Å². The maximum Gasteiger partial charge on any atom is 0.336 e. The predicted octanol–water partition coefficient (Wildman–Crippen LogP) is 6.28. The van der Waals surface area contributed by atoms with Crippen molar-refractivity contribution in [2.24, 2.45) is 0 Å². The molecule has 0 spiro atoms. The first-order chi connectivity index (χ1) is 22.6. The van der Waals surface area contributed by atoms with Crippen LogP contribution >= 0.6 is 11.6 Å². The molecule has 0 saturated heterocycles. The Kier molecular flexibility index (Phi) is 8.39. The fourth-order valence-electron chi connectivity index (χ4n) is 5.28. The number of aromatic nitrogens is 2. The van der Waals surface area contributed by atoms with Gasteiger partial charge in [-0.25, -0.2) is 14.8 Å². The number of hydrogen-bond acceptors (Lipinski definition) is 10. The quantitative estimate of drug-likeness (QED) is 0.131. The number of rotatable bonds is 10. The van der Waals surface area contributed by atoms with Gasteiger partial charge in [-0.3, -0.25) is 0 Å². The number of ether oxygens (including phenoxy) is 4. The molecular formula is C35H28ClN3O7. The van der Waals surface area contributed by atoms with Crippen molar-refractivity contribution in [1.82, 2.24) is 15.3 Å². The average molecular weight is 638 g/mol.